The second-order valence-corrected chi connectivity index (χ2v) is 17.8. The number of hydrogen-bond acceptors (Lipinski definition) is 7. The van der Waals surface area contributed by atoms with Crippen molar-refractivity contribution in [3.63, 3.8) is 0 Å². The van der Waals surface area contributed by atoms with Gasteiger partial charge in [0.1, 0.15) is 5.75 Å². The number of likely N-dealkylation sites (tertiary alicyclic amines) is 2. The van der Waals surface area contributed by atoms with Crippen LogP contribution in [0.2, 0.25) is 0 Å². The first-order valence-corrected chi connectivity index (χ1v) is 20.7. The number of sulfonamides is 1. The van der Waals surface area contributed by atoms with E-state index in [4.69, 9.17) is 4.74 Å². The van der Waals surface area contributed by atoms with Crippen LogP contribution < -0.4 is 5.32 Å². The van der Waals surface area contributed by atoms with Crippen molar-refractivity contribution >= 4 is 49.7 Å². The number of piperidine rings is 3. The van der Waals surface area contributed by atoms with Gasteiger partial charge in [0.2, 0.25) is 10.0 Å². The molecule has 2 aromatic carbocycles. The number of rotatable bonds is 8. The molecule has 1 atom stereocenters. The molecule has 14 heteroatoms. The zero-order valence-corrected chi connectivity index (χ0v) is 31.3. The number of aromatic hydroxyl groups is 1. The summed E-state index contributed by atoms with van der Waals surface area (Å²) in [6.45, 7) is 3.72. The fourth-order valence-corrected chi connectivity index (χ4v) is 10.6. The molecule has 4 heterocycles. The van der Waals surface area contributed by atoms with Crippen LogP contribution >= 0.6 is 15.9 Å². The number of halogens is 1. The number of fused-ring (bicyclic) bond motifs is 1. The first-order chi connectivity index (χ1) is 24.6. The lowest BCUT2D eigenvalue weighted by molar-refractivity contribution is -0.142. The minimum absolute atomic E-state index is 0.00808. The Kier molecular flexibility index (Phi) is 10.8. The van der Waals surface area contributed by atoms with E-state index in [1.807, 2.05) is 29.2 Å². The number of phenolic OH excluding ortho intramolecular Hbond substituents is 1. The lowest BCUT2D eigenvalue weighted by atomic mass is 9.79. The van der Waals surface area contributed by atoms with Gasteiger partial charge in [-0.15, -0.1) is 0 Å². The van der Waals surface area contributed by atoms with Crippen molar-refractivity contribution in [2.45, 2.75) is 81.6 Å². The average molecular weight is 787 g/mol. The third-order valence-electron chi connectivity index (χ3n) is 11.6. The van der Waals surface area contributed by atoms with Gasteiger partial charge in [-0.25, -0.2) is 22.3 Å². The summed E-state index contributed by atoms with van der Waals surface area (Å²) in [5.74, 6) is 0.721. The van der Waals surface area contributed by atoms with Crippen LogP contribution in [0.1, 0.15) is 62.5 Å². The standard InChI is InChI=1S/C37H48BrN5O7S/c38-31-23-25(5-8-33(31)44)24-34(35(45)40-16-9-26(10-17-40)27-11-20-42(21-12-27)51(48,49)30-6-7-30)50-37(47)41-18-14-29(15-19-41)43-22-13-28-3-1-2-4-32(28)39-36(43)46/h1-5,8,23,26-27,29-30,34,44H,6-7,9-22,24H2,(H,39,46)/t34-/m1/s1. The van der Waals surface area contributed by atoms with Crippen LogP contribution in [-0.2, 0) is 32.4 Å². The predicted octanol–water partition coefficient (Wildman–Crippen LogP) is 5.20. The summed E-state index contributed by atoms with van der Waals surface area (Å²) in [6, 6.07) is 12.7. The van der Waals surface area contributed by atoms with Gasteiger partial charge >= 0.3 is 12.1 Å². The summed E-state index contributed by atoms with van der Waals surface area (Å²) in [5.41, 5.74) is 2.70. The van der Waals surface area contributed by atoms with Gasteiger partial charge < -0.3 is 29.9 Å². The van der Waals surface area contributed by atoms with Crippen molar-refractivity contribution in [1.29, 1.82) is 0 Å². The van der Waals surface area contributed by atoms with Crippen LogP contribution in [0, 0.1) is 11.8 Å². The van der Waals surface area contributed by atoms with Crippen molar-refractivity contribution < 1.29 is 32.6 Å². The summed E-state index contributed by atoms with van der Waals surface area (Å²) < 4.78 is 33.6. The molecule has 276 valence electrons. The highest BCUT2D eigenvalue weighted by Gasteiger charge is 2.42. The van der Waals surface area contributed by atoms with Gasteiger partial charge in [-0.1, -0.05) is 24.3 Å². The molecule has 0 spiro atoms. The molecule has 4 fully saturated rings. The lowest BCUT2D eigenvalue weighted by Gasteiger charge is -2.40. The smallest absolute Gasteiger partial charge is 0.410 e. The molecule has 12 nitrogen and oxygen atoms in total. The Bertz CT molecular complexity index is 1720. The number of nitrogens with zero attached hydrogens (tertiary/aromatic N) is 4. The van der Waals surface area contributed by atoms with E-state index < -0.39 is 22.2 Å². The first-order valence-electron chi connectivity index (χ1n) is 18.4. The van der Waals surface area contributed by atoms with Crippen molar-refractivity contribution in [1.82, 2.24) is 19.0 Å². The summed E-state index contributed by atoms with van der Waals surface area (Å²) in [7, 11) is -3.14. The number of para-hydroxylation sites is 1. The van der Waals surface area contributed by atoms with Gasteiger partial charge in [0.15, 0.2) is 6.10 Å². The minimum atomic E-state index is -3.14. The highest BCUT2D eigenvalue weighted by molar-refractivity contribution is 9.10. The number of amides is 4. The van der Waals surface area contributed by atoms with Crippen LogP contribution in [-0.4, -0.2) is 114 Å². The summed E-state index contributed by atoms with van der Waals surface area (Å²) >= 11 is 3.36. The molecule has 5 aliphatic rings. The number of benzene rings is 2. The molecule has 4 aliphatic heterocycles. The summed E-state index contributed by atoms with van der Waals surface area (Å²) in [4.78, 5) is 46.1. The molecule has 3 saturated heterocycles. The number of carbonyl (C=O) groups excluding carboxylic acids is 3. The molecule has 0 radical (unpaired) electrons. The van der Waals surface area contributed by atoms with E-state index in [9.17, 15) is 27.9 Å². The third-order valence-corrected chi connectivity index (χ3v) is 14.6. The maximum absolute atomic E-state index is 14.0. The van der Waals surface area contributed by atoms with Crippen LogP contribution in [0.4, 0.5) is 15.3 Å². The van der Waals surface area contributed by atoms with E-state index in [1.165, 1.54) is 0 Å². The van der Waals surface area contributed by atoms with Gasteiger partial charge in [-0.05, 0) is 115 Å². The number of anilines is 1. The largest absolute Gasteiger partial charge is 0.507 e. The van der Waals surface area contributed by atoms with Gasteiger partial charge in [0.05, 0.1) is 9.72 Å². The lowest BCUT2D eigenvalue weighted by Crippen LogP contribution is -2.52. The van der Waals surface area contributed by atoms with Gasteiger partial charge in [-0.2, -0.15) is 0 Å². The molecule has 1 saturated carbocycles. The number of hydrogen-bond donors (Lipinski definition) is 2. The van der Waals surface area contributed by atoms with Crippen molar-refractivity contribution in [3.8, 4) is 5.75 Å². The highest BCUT2D eigenvalue weighted by Crippen LogP contribution is 2.37. The molecule has 2 aromatic rings. The Labute approximate surface area is 308 Å². The molecule has 0 aromatic heterocycles. The Morgan fingerprint density at radius 3 is 2.18 bits per heavy atom. The van der Waals surface area contributed by atoms with E-state index in [2.05, 4.69) is 21.2 Å². The Morgan fingerprint density at radius 1 is 0.863 bits per heavy atom. The molecule has 2 N–H and O–H groups in total. The van der Waals surface area contributed by atoms with E-state index in [0.717, 1.165) is 61.8 Å². The monoisotopic (exact) mass is 785 g/mol. The molecule has 0 unspecified atom stereocenters. The van der Waals surface area contributed by atoms with E-state index in [-0.39, 0.29) is 35.4 Å². The van der Waals surface area contributed by atoms with Crippen LogP contribution in [0.5, 0.6) is 5.75 Å². The van der Waals surface area contributed by atoms with Crippen LogP contribution in [0.15, 0.2) is 46.9 Å². The first kappa shape index (κ1) is 36.0. The molecule has 1 aliphatic carbocycles. The summed E-state index contributed by atoms with van der Waals surface area (Å²) in [6.07, 6.45) is 5.51. The average Bonchev–Trinajstić information content (AvgIpc) is 4.01. The number of nitrogens with one attached hydrogen (secondary N) is 1. The SMILES string of the molecule is O=C(O[C@H](Cc1ccc(O)c(Br)c1)C(=O)N1CCC(C2CCN(S(=O)(=O)C3CC3)CC2)CC1)N1CCC(N2CCc3ccccc3NC2=O)CC1. The van der Waals surface area contributed by atoms with Crippen molar-refractivity contribution in [2.24, 2.45) is 11.8 Å². The number of carbonyl (C=O) groups is 3. The minimum Gasteiger partial charge on any atom is -0.507 e. The zero-order chi connectivity index (χ0) is 35.7. The van der Waals surface area contributed by atoms with Gasteiger partial charge in [0, 0.05) is 64.0 Å². The molecule has 4 amide bonds. The van der Waals surface area contributed by atoms with E-state index in [1.54, 1.807) is 32.3 Å². The third kappa shape index (κ3) is 8.17. The second-order valence-electron chi connectivity index (χ2n) is 14.8. The number of urea groups is 1. The fourth-order valence-electron chi connectivity index (χ4n) is 8.34. The molecule has 7 rings (SSSR count). The maximum atomic E-state index is 14.0. The Hall–Kier alpha value is -3.36. The van der Waals surface area contributed by atoms with Crippen molar-refractivity contribution in [2.75, 3.05) is 51.1 Å². The van der Waals surface area contributed by atoms with Crippen molar-refractivity contribution in [3.05, 3.63) is 58.1 Å². The quantitative estimate of drug-likeness (QED) is 0.375. The fraction of sp³-hybridized carbons (Fsp3) is 0.595. The van der Waals surface area contributed by atoms with E-state index >= 15 is 0 Å². The normalized spacial score (nSPS) is 22.2. The number of phenols is 1. The predicted molar refractivity (Wildman–Crippen MR) is 196 cm³/mol. The van der Waals surface area contributed by atoms with E-state index in [0.29, 0.717) is 75.0 Å². The Balaban J connectivity index is 0.945. The van der Waals surface area contributed by atoms with Crippen LogP contribution in [0.3, 0.4) is 0 Å². The van der Waals surface area contributed by atoms with Gasteiger partial charge in [-0.3, -0.25) is 4.79 Å². The topological polar surface area (TPSA) is 140 Å². The molecule has 0 bridgehead atoms. The molecular weight excluding hydrogens is 738 g/mol. The second kappa shape index (κ2) is 15.3. The van der Waals surface area contributed by atoms with Crippen LogP contribution in [0.25, 0.3) is 0 Å². The Morgan fingerprint density at radius 2 is 1.51 bits per heavy atom. The van der Waals surface area contributed by atoms with Gasteiger partial charge in [0.25, 0.3) is 5.91 Å². The summed E-state index contributed by atoms with van der Waals surface area (Å²) in [5, 5.41) is 12.9. The molecule has 51 heavy (non-hydrogen) atoms. The molecular formula is C37H48BrN5O7S. The highest BCUT2D eigenvalue weighted by atomic mass is 79.9. The number of ether oxygens (including phenoxy) is 1. The maximum Gasteiger partial charge on any atom is 0.410 e. The zero-order valence-electron chi connectivity index (χ0n) is 28.9.